The fourth-order valence-corrected chi connectivity index (χ4v) is 5.44. The van der Waals surface area contributed by atoms with E-state index in [1.165, 1.54) is 6.42 Å². The van der Waals surface area contributed by atoms with Crippen LogP contribution in [0.25, 0.3) is 0 Å². The van der Waals surface area contributed by atoms with Gasteiger partial charge in [0.2, 0.25) is 11.8 Å². The number of nitrogens with zero attached hydrogens (tertiary/aromatic N) is 2. The molecule has 0 saturated carbocycles. The molecule has 0 radical (unpaired) electrons. The Morgan fingerprint density at radius 2 is 1.92 bits per heavy atom. The zero-order valence-corrected chi connectivity index (χ0v) is 15.4. The predicted molar refractivity (Wildman–Crippen MR) is 96.6 cm³/mol. The number of hydrogen-bond donors (Lipinski definition) is 2. The molecule has 3 N–H and O–H groups in total. The van der Waals surface area contributed by atoms with Crippen molar-refractivity contribution in [3.05, 3.63) is 0 Å². The van der Waals surface area contributed by atoms with Gasteiger partial charge in [-0.1, -0.05) is 6.92 Å². The first-order valence-electron chi connectivity index (χ1n) is 9.29. The monoisotopic (exact) mass is 354 g/mol. The molecule has 3 atom stereocenters. The Morgan fingerprint density at radius 3 is 2.62 bits per heavy atom. The Morgan fingerprint density at radius 1 is 1.21 bits per heavy atom. The van der Waals surface area contributed by atoms with Crippen LogP contribution in [-0.2, 0) is 9.59 Å². The van der Waals surface area contributed by atoms with Crippen LogP contribution in [-0.4, -0.2) is 70.5 Å². The minimum atomic E-state index is -0.405. The number of carbonyl (C=O) groups excluding carboxylic acids is 2. The van der Waals surface area contributed by atoms with E-state index in [0.29, 0.717) is 13.0 Å². The van der Waals surface area contributed by atoms with Crippen molar-refractivity contribution in [1.82, 2.24) is 15.1 Å². The zero-order chi connectivity index (χ0) is 17.2. The number of nitrogens with one attached hydrogen (secondary N) is 1. The lowest BCUT2D eigenvalue weighted by atomic mass is 10.0. The van der Waals surface area contributed by atoms with Crippen molar-refractivity contribution < 1.29 is 9.59 Å². The topological polar surface area (TPSA) is 78.7 Å². The maximum Gasteiger partial charge on any atom is 0.240 e. The Kier molecular flexibility index (Phi) is 5.72. The summed E-state index contributed by atoms with van der Waals surface area (Å²) in [7, 11) is 0. The molecule has 0 aromatic heterocycles. The molecule has 0 bridgehead atoms. The van der Waals surface area contributed by atoms with Crippen molar-refractivity contribution >= 4 is 23.6 Å². The summed E-state index contributed by atoms with van der Waals surface area (Å²) in [6.45, 7) is 5.17. The van der Waals surface area contributed by atoms with Crippen molar-refractivity contribution in [2.75, 3.05) is 31.9 Å². The Bertz CT molecular complexity index is 483. The number of likely N-dealkylation sites (tertiary alicyclic amines) is 2. The summed E-state index contributed by atoms with van der Waals surface area (Å²) >= 11 is 1.81. The summed E-state index contributed by atoms with van der Waals surface area (Å²) in [4.78, 5) is 28.9. The highest BCUT2D eigenvalue weighted by molar-refractivity contribution is 8.01. The molecule has 1 spiro atoms. The summed E-state index contributed by atoms with van der Waals surface area (Å²) in [5.74, 6) is 1.09. The molecular formula is C17H30N4O2S. The Labute approximate surface area is 148 Å². The third-order valence-electron chi connectivity index (χ3n) is 5.45. The second kappa shape index (κ2) is 7.62. The number of rotatable bonds is 3. The standard InChI is InChI=1S/C17H30N4O2S/c1-2-13(18)15(22)21-10-6-7-17(12-21)19-14(11-24-17)16(23)20-8-4-3-5-9-20/h13-14,19H,2-12,18H2,1H3/t13-,14-,17?/m0/s1. The highest BCUT2D eigenvalue weighted by atomic mass is 32.2. The minimum Gasteiger partial charge on any atom is -0.341 e. The number of hydrogen-bond acceptors (Lipinski definition) is 5. The number of nitrogens with two attached hydrogens (primary N) is 1. The van der Waals surface area contributed by atoms with Crippen LogP contribution in [0.4, 0.5) is 0 Å². The van der Waals surface area contributed by atoms with Crippen LogP contribution in [0.1, 0.15) is 45.4 Å². The van der Waals surface area contributed by atoms with Crippen molar-refractivity contribution in [2.24, 2.45) is 5.73 Å². The van der Waals surface area contributed by atoms with Gasteiger partial charge in [-0.15, -0.1) is 11.8 Å². The van der Waals surface area contributed by atoms with E-state index in [0.717, 1.165) is 51.1 Å². The summed E-state index contributed by atoms with van der Waals surface area (Å²) in [5.41, 5.74) is 5.93. The number of thioether (sulfide) groups is 1. The number of amides is 2. The fraction of sp³-hybridized carbons (Fsp3) is 0.882. The SMILES string of the molecule is CC[C@H](N)C(=O)N1CCCC2(C1)N[C@H](C(=O)N1CCCCC1)CS2. The molecule has 3 heterocycles. The highest BCUT2D eigenvalue weighted by Crippen LogP contribution is 2.38. The van der Waals surface area contributed by atoms with Crippen molar-refractivity contribution in [3.8, 4) is 0 Å². The first-order valence-corrected chi connectivity index (χ1v) is 10.3. The van der Waals surface area contributed by atoms with E-state index in [-0.39, 0.29) is 22.7 Å². The van der Waals surface area contributed by atoms with Gasteiger partial charge in [-0.05, 0) is 38.5 Å². The Balaban J connectivity index is 1.60. The van der Waals surface area contributed by atoms with E-state index in [2.05, 4.69) is 5.32 Å². The molecule has 0 aromatic rings. The summed E-state index contributed by atoms with van der Waals surface area (Å²) in [6.07, 6.45) is 6.11. The van der Waals surface area contributed by atoms with Crippen LogP contribution >= 0.6 is 11.8 Å². The summed E-state index contributed by atoms with van der Waals surface area (Å²) < 4.78 is 0. The molecule has 24 heavy (non-hydrogen) atoms. The van der Waals surface area contributed by atoms with E-state index in [9.17, 15) is 9.59 Å². The fourth-order valence-electron chi connectivity index (χ4n) is 3.97. The predicted octanol–water partition coefficient (Wildman–Crippen LogP) is 0.760. The molecule has 7 heteroatoms. The van der Waals surface area contributed by atoms with E-state index in [1.54, 1.807) is 0 Å². The van der Waals surface area contributed by atoms with Gasteiger partial charge in [0.1, 0.15) is 0 Å². The van der Waals surface area contributed by atoms with Crippen molar-refractivity contribution in [1.29, 1.82) is 0 Å². The van der Waals surface area contributed by atoms with Crippen LogP contribution in [0.15, 0.2) is 0 Å². The second-order valence-electron chi connectivity index (χ2n) is 7.27. The molecule has 136 valence electrons. The van der Waals surface area contributed by atoms with Crippen LogP contribution in [0, 0.1) is 0 Å². The van der Waals surface area contributed by atoms with Gasteiger partial charge in [0.25, 0.3) is 0 Å². The average molecular weight is 355 g/mol. The van der Waals surface area contributed by atoms with E-state index >= 15 is 0 Å². The normalized spacial score (nSPS) is 32.2. The van der Waals surface area contributed by atoms with Gasteiger partial charge in [0.05, 0.1) is 17.0 Å². The van der Waals surface area contributed by atoms with Crippen LogP contribution < -0.4 is 11.1 Å². The van der Waals surface area contributed by atoms with Crippen molar-refractivity contribution in [2.45, 2.75) is 62.4 Å². The van der Waals surface area contributed by atoms with E-state index in [4.69, 9.17) is 5.73 Å². The smallest absolute Gasteiger partial charge is 0.240 e. The number of piperidine rings is 2. The highest BCUT2D eigenvalue weighted by Gasteiger charge is 2.46. The van der Waals surface area contributed by atoms with E-state index in [1.807, 2.05) is 28.5 Å². The lowest BCUT2D eigenvalue weighted by Crippen LogP contribution is -2.59. The molecule has 3 saturated heterocycles. The third-order valence-corrected chi connectivity index (χ3v) is 6.96. The van der Waals surface area contributed by atoms with Crippen molar-refractivity contribution in [3.63, 3.8) is 0 Å². The quantitative estimate of drug-likeness (QED) is 0.782. The van der Waals surface area contributed by atoms with Crippen LogP contribution in [0.2, 0.25) is 0 Å². The van der Waals surface area contributed by atoms with Gasteiger partial charge >= 0.3 is 0 Å². The molecule has 0 aliphatic carbocycles. The molecule has 3 aliphatic heterocycles. The van der Waals surface area contributed by atoms with Gasteiger partial charge < -0.3 is 15.5 Å². The van der Waals surface area contributed by atoms with Gasteiger partial charge in [0, 0.05) is 31.9 Å². The maximum atomic E-state index is 12.7. The third kappa shape index (κ3) is 3.73. The largest absolute Gasteiger partial charge is 0.341 e. The van der Waals surface area contributed by atoms with Gasteiger partial charge in [-0.2, -0.15) is 0 Å². The first-order chi connectivity index (χ1) is 11.5. The molecule has 0 aromatic carbocycles. The average Bonchev–Trinajstić information content (AvgIpc) is 3.03. The summed E-state index contributed by atoms with van der Waals surface area (Å²) in [5, 5.41) is 3.58. The first kappa shape index (κ1) is 18.0. The Hall–Kier alpha value is -0.790. The molecule has 1 unspecified atom stereocenters. The minimum absolute atomic E-state index is 0.0461. The summed E-state index contributed by atoms with van der Waals surface area (Å²) in [6, 6.07) is -0.514. The number of carbonyl (C=O) groups is 2. The molecular weight excluding hydrogens is 324 g/mol. The molecule has 3 fully saturated rings. The maximum absolute atomic E-state index is 12.7. The van der Waals surface area contributed by atoms with Gasteiger partial charge in [-0.25, -0.2) is 0 Å². The lowest BCUT2D eigenvalue weighted by Gasteiger charge is -2.41. The molecule has 3 rings (SSSR count). The molecule has 3 aliphatic rings. The molecule has 6 nitrogen and oxygen atoms in total. The zero-order valence-electron chi connectivity index (χ0n) is 14.6. The second-order valence-corrected chi connectivity index (χ2v) is 8.67. The van der Waals surface area contributed by atoms with Crippen LogP contribution in [0.5, 0.6) is 0 Å². The van der Waals surface area contributed by atoms with Crippen LogP contribution in [0.3, 0.4) is 0 Å². The lowest BCUT2D eigenvalue weighted by molar-refractivity contribution is -0.135. The molecule has 2 amide bonds. The van der Waals surface area contributed by atoms with E-state index < -0.39 is 6.04 Å². The van der Waals surface area contributed by atoms with Gasteiger partial charge in [0.15, 0.2) is 0 Å². The van der Waals surface area contributed by atoms with Gasteiger partial charge in [-0.3, -0.25) is 14.9 Å².